The Hall–Kier alpha value is -3.13. The highest BCUT2D eigenvalue weighted by molar-refractivity contribution is 5.97. The van der Waals surface area contributed by atoms with Crippen molar-refractivity contribution in [2.75, 3.05) is 0 Å². The molecule has 8 heteroatoms. The quantitative estimate of drug-likeness (QED) is 0.582. The van der Waals surface area contributed by atoms with Crippen molar-refractivity contribution in [1.82, 2.24) is 29.9 Å². The lowest BCUT2D eigenvalue weighted by Crippen LogP contribution is -2.36. The molecule has 4 aromatic heterocycles. The highest BCUT2D eigenvalue weighted by Gasteiger charge is 2.32. The molecule has 0 unspecified atom stereocenters. The molecule has 1 aliphatic heterocycles. The van der Waals surface area contributed by atoms with Crippen LogP contribution in [0.2, 0.25) is 0 Å². The first-order chi connectivity index (χ1) is 17.0. The van der Waals surface area contributed by atoms with Gasteiger partial charge < -0.3 is 4.74 Å². The lowest BCUT2D eigenvalue weighted by Gasteiger charge is -2.31. The van der Waals surface area contributed by atoms with Gasteiger partial charge in [-0.1, -0.05) is 0 Å². The Bertz CT molecular complexity index is 1490. The number of nitrogens with one attached hydrogen (secondary N) is 1. The Kier molecular flexibility index (Phi) is 1.83. The highest BCUT2D eigenvalue weighted by atomic mass is 19.1. The number of aromatic amines is 1. The second-order valence-electron chi connectivity index (χ2n) is 5.83. The van der Waals surface area contributed by atoms with E-state index in [-0.39, 0.29) is 28.2 Å². The standard InChI is InChI=1S/C19H17FN6O/c1-19(2)10-26-15(9-27-19)16(12-5-6-21-18-13(12)8-23-24-18)17(25-26)14-4-3-11(20)7-22-14/h3-8H,9-10H2,1-2H3,(H,21,23,24)/i1D3,2D3,9D2,10D2. The first-order valence-corrected chi connectivity index (χ1v) is 7.77. The fourth-order valence-corrected chi connectivity index (χ4v) is 2.91. The summed E-state index contributed by atoms with van der Waals surface area (Å²) in [5.74, 6) is -0.687. The topological polar surface area (TPSA) is 81.5 Å². The molecule has 0 aliphatic carbocycles. The Labute approximate surface area is 168 Å². The maximum atomic E-state index is 13.7. The molecule has 0 amide bonds. The lowest BCUT2D eigenvalue weighted by atomic mass is 9.98. The van der Waals surface area contributed by atoms with Gasteiger partial charge in [0.15, 0.2) is 5.65 Å². The maximum Gasteiger partial charge on any atom is 0.155 e. The van der Waals surface area contributed by atoms with Crippen molar-refractivity contribution in [2.24, 2.45) is 0 Å². The van der Waals surface area contributed by atoms with E-state index in [4.69, 9.17) is 18.4 Å². The summed E-state index contributed by atoms with van der Waals surface area (Å²) in [4.78, 5) is 8.11. The Morgan fingerprint density at radius 1 is 1.30 bits per heavy atom. The van der Waals surface area contributed by atoms with E-state index in [0.29, 0.717) is 10.1 Å². The van der Waals surface area contributed by atoms with E-state index in [1.165, 1.54) is 24.5 Å². The molecule has 7 nitrogen and oxygen atoms in total. The van der Waals surface area contributed by atoms with E-state index < -0.39 is 43.9 Å². The second kappa shape index (κ2) is 5.68. The zero-order valence-corrected chi connectivity index (χ0v) is 13.5. The molecular weight excluding hydrogens is 347 g/mol. The molecule has 0 spiro atoms. The number of hydrogen-bond donors (Lipinski definition) is 1. The molecule has 0 fully saturated rings. The SMILES string of the molecule is [2H]C1([2H])OC(C([2H])([2H])[2H])(C([2H])([2H])[2H])C([2H])([2H])n2nc(-c3ccc(F)cn3)c(-c3ccnc4[nH]ncc34)c21. The van der Waals surface area contributed by atoms with Crippen LogP contribution in [0.5, 0.6) is 0 Å². The van der Waals surface area contributed by atoms with Crippen molar-refractivity contribution in [3.63, 3.8) is 0 Å². The van der Waals surface area contributed by atoms with Gasteiger partial charge in [-0.05, 0) is 31.9 Å². The summed E-state index contributed by atoms with van der Waals surface area (Å²) in [5.41, 5.74) is -4.01. The molecule has 0 atom stereocenters. The molecule has 27 heavy (non-hydrogen) atoms. The van der Waals surface area contributed by atoms with E-state index >= 15 is 0 Å². The van der Waals surface area contributed by atoms with Gasteiger partial charge in [0.25, 0.3) is 0 Å². The first kappa shape index (κ1) is 8.71. The third-order valence-corrected chi connectivity index (χ3v) is 4.04. The second-order valence-corrected chi connectivity index (χ2v) is 5.83. The van der Waals surface area contributed by atoms with Crippen LogP contribution >= 0.6 is 0 Å². The minimum absolute atomic E-state index is 0.0216. The smallest absolute Gasteiger partial charge is 0.155 e. The molecule has 1 N–H and O–H groups in total. The number of aromatic nitrogens is 6. The number of H-pyrrole nitrogens is 1. The molecule has 5 rings (SSSR count). The third kappa shape index (κ3) is 2.60. The molecule has 0 aromatic carbocycles. The van der Waals surface area contributed by atoms with Crippen LogP contribution in [0.3, 0.4) is 0 Å². The van der Waals surface area contributed by atoms with E-state index in [1.807, 2.05) is 0 Å². The number of pyridine rings is 2. The van der Waals surface area contributed by atoms with Gasteiger partial charge in [0.1, 0.15) is 11.5 Å². The summed E-state index contributed by atoms with van der Waals surface area (Å²) in [7, 11) is 0. The highest BCUT2D eigenvalue weighted by Crippen LogP contribution is 2.39. The van der Waals surface area contributed by atoms with E-state index in [2.05, 4.69) is 25.3 Å². The largest absolute Gasteiger partial charge is 0.367 e. The number of hydrogen-bond acceptors (Lipinski definition) is 5. The Balaban J connectivity index is 1.94. The van der Waals surface area contributed by atoms with Crippen LogP contribution in [-0.4, -0.2) is 35.5 Å². The zero-order chi connectivity index (χ0) is 27.2. The number of fused-ring (bicyclic) bond motifs is 2. The predicted octanol–water partition coefficient (Wildman–Crippen LogP) is 3.33. The zero-order valence-electron chi connectivity index (χ0n) is 23.5. The average Bonchev–Trinajstić information content (AvgIpc) is 3.41. The summed E-state index contributed by atoms with van der Waals surface area (Å²) < 4.78 is 102. The van der Waals surface area contributed by atoms with Crippen molar-refractivity contribution >= 4 is 11.0 Å². The summed E-state index contributed by atoms with van der Waals surface area (Å²) in [6, 6.07) is 3.73. The van der Waals surface area contributed by atoms with Gasteiger partial charge in [-0.2, -0.15) is 10.2 Å². The van der Waals surface area contributed by atoms with Crippen molar-refractivity contribution in [3.05, 3.63) is 48.3 Å². The van der Waals surface area contributed by atoms with Crippen LogP contribution in [0.15, 0.2) is 36.8 Å². The molecule has 0 bridgehead atoms. The minimum atomic E-state index is -3.66. The van der Waals surface area contributed by atoms with Crippen molar-refractivity contribution < 1.29 is 22.8 Å². The van der Waals surface area contributed by atoms with Crippen LogP contribution in [0.4, 0.5) is 4.39 Å². The normalized spacial score (nSPS) is 26.0. The Morgan fingerprint density at radius 2 is 2.22 bits per heavy atom. The van der Waals surface area contributed by atoms with Gasteiger partial charge in [-0.25, -0.2) is 9.37 Å². The number of ether oxygens (including phenoxy) is 1. The van der Waals surface area contributed by atoms with Crippen molar-refractivity contribution in [3.8, 4) is 22.5 Å². The van der Waals surface area contributed by atoms with Crippen molar-refractivity contribution in [1.29, 1.82) is 0 Å². The molecule has 1 aliphatic rings. The fourth-order valence-electron chi connectivity index (χ4n) is 2.91. The summed E-state index contributed by atoms with van der Waals surface area (Å²) >= 11 is 0. The van der Waals surface area contributed by atoms with Gasteiger partial charge in [0.2, 0.25) is 0 Å². The fraction of sp³-hybridized carbons (Fsp3) is 0.263. The molecule has 0 radical (unpaired) electrons. The minimum Gasteiger partial charge on any atom is -0.367 e. The van der Waals surface area contributed by atoms with Crippen molar-refractivity contribution in [2.45, 2.75) is 32.4 Å². The van der Waals surface area contributed by atoms with E-state index in [0.717, 1.165) is 12.3 Å². The molecule has 5 heterocycles. The monoisotopic (exact) mass is 374 g/mol. The predicted molar refractivity (Wildman–Crippen MR) is 97.2 cm³/mol. The molecule has 136 valence electrons. The van der Waals surface area contributed by atoms with Crippen LogP contribution in [0.25, 0.3) is 33.5 Å². The van der Waals surface area contributed by atoms with Crippen LogP contribution < -0.4 is 0 Å². The van der Waals surface area contributed by atoms with Crippen LogP contribution in [-0.2, 0) is 17.8 Å². The maximum absolute atomic E-state index is 13.7. The van der Waals surface area contributed by atoms with Crippen LogP contribution in [0, 0.1) is 5.82 Å². The molecule has 4 aromatic rings. The lowest BCUT2D eigenvalue weighted by molar-refractivity contribution is -0.0657. The van der Waals surface area contributed by atoms with E-state index in [9.17, 15) is 4.39 Å². The summed E-state index contributed by atoms with van der Waals surface area (Å²) in [5, 5.41) is 11.1. The first-order valence-electron chi connectivity index (χ1n) is 12.8. The summed E-state index contributed by atoms with van der Waals surface area (Å²) in [6.45, 7) is -13.9. The summed E-state index contributed by atoms with van der Waals surface area (Å²) in [6.07, 6.45) is 3.61. The van der Waals surface area contributed by atoms with E-state index in [1.54, 1.807) is 0 Å². The molecule has 0 saturated heterocycles. The van der Waals surface area contributed by atoms with Gasteiger partial charge in [-0.3, -0.25) is 14.8 Å². The van der Waals surface area contributed by atoms with Gasteiger partial charge >= 0.3 is 0 Å². The van der Waals surface area contributed by atoms with Gasteiger partial charge in [-0.15, -0.1) is 0 Å². The third-order valence-electron chi connectivity index (χ3n) is 4.04. The number of halogens is 1. The van der Waals surface area contributed by atoms with Gasteiger partial charge in [0, 0.05) is 30.9 Å². The number of nitrogens with zero attached hydrogens (tertiary/aromatic N) is 5. The molecule has 0 saturated carbocycles. The molecular formula is C19H17FN6O. The van der Waals surface area contributed by atoms with Gasteiger partial charge in [0.05, 0.1) is 47.9 Å². The average molecular weight is 374 g/mol. The Morgan fingerprint density at radius 3 is 3.04 bits per heavy atom. The van der Waals surface area contributed by atoms with Crippen LogP contribution in [0.1, 0.15) is 33.1 Å². The number of rotatable bonds is 2.